The number of nitrogens with one attached hydrogen (secondary N) is 3. The van der Waals surface area contributed by atoms with E-state index in [1.54, 1.807) is 18.3 Å². The number of benzene rings is 3. The summed E-state index contributed by atoms with van der Waals surface area (Å²) in [7, 11) is 0. The van der Waals surface area contributed by atoms with Crippen molar-refractivity contribution in [2.75, 3.05) is 21.3 Å². The zero-order valence-corrected chi connectivity index (χ0v) is 18.0. The molecule has 3 aromatic carbocycles. The van der Waals surface area contributed by atoms with E-state index in [4.69, 9.17) is 0 Å². The summed E-state index contributed by atoms with van der Waals surface area (Å²) in [5.74, 6) is -1.36. The molecule has 5 rings (SSSR count). The van der Waals surface area contributed by atoms with Crippen LogP contribution in [-0.2, 0) is 11.3 Å². The van der Waals surface area contributed by atoms with E-state index in [2.05, 4.69) is 15.6 Å². The van der Waals surface area contributed by atoms with Crippen LogP contribution in [-0.4, -0.2) is 22.7 Å². The number of urea groups is 1. The molecule has 1 aliphatic rings. The van der Waals surface area contributed by atoms with Gasteiger partial charge in [-0.2, -0.15) is 0 Å². The van der Waals surface area contributed by atoms with Crippen LogP contribution in [0.5, 0.6) is 0 Å². The summed E-state index contributed by atoms with van der Waals surface area (Å²) in [5, 5.41) is 6.48. The van der Waals surface area contributed by atoms with E-state index in [9.17, 15) is 18.4 Å². The van der Waals surface area contributed by atoms with Crippen LogP contribution in [0.4, 0.5) is 30.6 Å². The minimum Gasteiger partial charge on any atom is -0.359 e. The van der Waals surface area contributed by atoms with Gasteiger partial charge in [-0.3, -0.25) is 4.79 Å². The molecule has 0 unspecified atom stereocenters. The Morgan fingerprint density at radius 3 is 2.64 bits per heavy atom. The number of carbonyl (C=O) groups excluding carboxylic acids is 2. The molecular formula is C24H18F2N4O2S. The molecule has 9 heteroatoms. The van der Waals surface area contributed by atoms with Crippen molar-refractivity contribution in [3.8, 4) is 0 Å². The van der Waals surface area contributed by atoms with E-state index >= 15 is 0 Å². The highest BCUT2D eigenvalue weighted by Crippen LogP contribution is 2.38. The van der Waals surface area contributed by atoms with E-state index in [0.717, 1.165) is 21.9 Å². The van der Waals surface area contributed by atoms with Gasteiger partial charge in [0, 0.05) is 33.7 Å². The Morgan fingerprint density at radius 1 is 1.03 bits per heavy atom. The first kappa shape index (κ1) is 21.0. The van der Waals surface area contributed by atoms with Gasteiger partial charge in [-0.05, 0) is 42.0 Å². The largest absolute Gasteiger partial charge is 0.359 e. The van der Waals surface area contributed by atoms with E-state index in [0.29, 0.717) is 22.6 Å². The molecule has 2 heterocycles. The predicted octanol–water partition coefficient (Wildman–Crippen LogP) is 5.73. The fraction of sp³-hybridized carbons (Fsp3) is 0.0833. The monoisotopic (exact) mass is 464 g/mol. The number of nitrogens with zero attached hydrogens (tertiary/aromatic N) is 1. The van der Waals surface area contributed by atoms with Crippen LogP contribution in [0.2, 0.25) is 0 Å². The van der Waals surface area contributed by atoms with Gasteiger partial charge in [0.25, 0.3) is 0 Å². The highest BCUT2D eigenvalue weighted by atomic mass is 32.2. The standard InChI is InChI=1S/C24H18F2N4O2S/c25-15-7-14(8-16(26)9-15)12-30-21-10-17(5-6-22(21)33-13-23(30)31)28-24(32)29-20-11-27-19-4-2-1-3-18(19)20/h1-11,27H,12-13H2,(H2,28,29,32). The number of para-hydroxylation sites is 1. The lowest BCUT2D eigenvalue weighted by atomic mass is 10.1. The Labute approximate surface area is 192 Å². The molecule has 33 heavy (non-hydrogen) atoms. The molecule has 166 valence electrons. The number of anilines is 3. The van der Waals surface area contributed by atoms with Crippen LogP contribution < -0.4 is 15.5 Å². The smallest absolute Gasteiger partial charge is 0.323 e. The molecule has 0 spiro atoms. The van der Waals surface area contributed by atoms with Crippen LogP contribution in [0.15, 0.2) is 71.8 Å². The van der Waals surface area contributed by atoms with Crippen molar-refractivity contribution >= 4 is 51.7 Å². The molecule has 0 aliphatic carbocycles. The van der Waals surface area contributed by atoms with Crippen molar-refractivity contribution in [1.29, 1.82) is 0 Å². The van der Waals surface area contributed by atoms with Crippen LogP contribution in [0.1, 0.15) is 5.56 Å². The average Bonchev–Trinajstić information content (AvgIpc) is 3.18. The molecule has 0 fully saturated rings. The Kier molecular flexibility index (Phi) is 5.47. The van der Waals surface area contributed by atoms with Crippen LogP contribution in [0, 0.1) is 11.6 Å². The highest BCUT2D eigenvalue weighted by molar-refractivity contribution is 8.00. The third-order valence-corrected chi connectivity index (χ3v) is 6.31. The Balaban J connectivity index is 1.37. The van der Waals surface area contributed by atoms with E-state index < -0.39 is 17.7 Å². The normalized spacial score (nSPS) is 13.2. The molecule has 3 N–H and O–H groups in total. The molecule has 0 saturated heterocycles. The van der Waals surface area contributed by atoms with Crippen LogP contribution in [0.3, 0.4) is 0 Å². The SMILES string of the molecule is O=C(Nc1ccc2c(c1)N(Cc1cc(F)cc(F)c1)C(=O)CS2)Nc1c[nH]c2ccccc12. The van der Waals surface area contributed by atoms with Gasteiger partial charge in [0.1, 0.15) is 11.6 Å². The summed E-state index contributed by atoms with van der Waals surface area (Å²) >= 11 is 1.38. The quantitative estimate of drug-likeness (QED) is 0.361. The first-order valence-electron chi connectivity index (χ1n) is 10.1. The van der Waals surface area contributed by atoms with E-state index in [1.807, 2.05) is 30.3 Å². The van der Waals surface area contributed by atoms with Crippen molar-refractivity contribution < 1.29 is 18.4 Å². The Bertz CT molecular complexity index is 1370. The number of rotatable bonds is 4. The first-order chi connectivity index (χ1) is 16.0. The molecule has 4 aromatic rings. The lowest BCUT2D eigenvalue weighted by Gasteiger charge is -2.29. The van der Waals surface area contributed by atoms with Crippen molar-refractivity contribution in [3.63, 3.8) is 0 Å². The van der Waals surface area contributed by atoms with Gasteiger partial charge in [-0.15, -0.1) is 11.8 Å². The zero-order valence-electron chi connectivity index (χ0n) is 17.2. The number of aromatic nitrogens is 1. The van der Waals surface area contributed by atoms with Gasteiger partial charge in [0.05, 0.1) is 23.7 Å². The van der Waals surface area contributed by atoms with Gasteiger partial charge in [0.15, 0.2) is 0 Å². The summed E-state index contributed by atoms with van der Waals surface area (Å²) in [6.45, 7) is 0.0199. The molecule has 0 bridgehead atoms. The number of carbonyl (C=O) groups is 2. The second-order valence-electron chi connectivity index (χ2n) is 7.56. The van der Waals surface area contributed by atoms with Gasteiger partial charge < -0.3 is 20.5 Å². The fourth-order valence-electron chi connectivity index (χ4n) is 3.80. The maximum atomic E-state index is 13.6. The number of hydrogen-bond donors (Lipinski definition) is 3. The molecule has 0 atom stereocenters. The minimum absolute atomic E-state index is 0.0199. The maximum absolute atomic E-state index is 13.6. The van der Waals surface area contributed by atoms with Crippen LogP contribution >= 0.6 is 11.8 Å². The summed E-state index contributed by atoms with van der Waals surface area (Å²) in [4.78, 5) is 30.6. The van der Waals surface area contributed by atoms with E-state index in [1.165, 1.54) is 28.8 Å². The van der Waals surface area contributed by atoms with Gasteiger partial charge in [-0.1, -0.05) is 18.2 Å². The lowest BCUT2D eigenvalue weighted by molar-refractivity contribution is -0.116. The molecule has 0 saturated carbocycles. The summed E-state index contributed by atoms with van der Waals surface area (Å²) in [5.41, 5.74) is 2.94. The van der Waals surface area contributed by atoms with E-state index in [-0.39, 0.29) is 18.2 Å². The summed E-state index contributed by atoms with van der Waals surface area (Å²) in [6.07, 6.45) is 1.71. The van der Waals surface area contributed by atoms with Gasteiger partial charge >= 0.3 is 6.03 Å². The number of thioether (sulfide) groups is 1. The van der Waals surface area contributed by atoms with Crippen molar-refractivity contribution in [3.05, 3.63) is 84.1 Å². The Morgan fingerprint density at radius 2 is 1.82 bits per heavy atom. The third-order valence-electron chi connectivity index (χ3n) is 5.26. The van der Waals surface area contributed by atoms with Crippen molar-refractivity contribution in [2.45, 2.75) is 11.4 Å². The van der Waals surface area contributed by atoms with Crippen LogP contribution in [0.25, 0.3) is 10.9 Å². The molecular weight excluding hydrogens is 446 g/mol. The van der Waals surface area contributed by atoms with Gasteiger partial charge in [0.2, 0.25) is 5.91 Å². The second-order valence-corrected chi connectivity index (χ2v) is 8.57. The first-order valence-corrected chi connectivity index (χ1v) is 11.1. The lowest BCUT2D eigenvalue weighted by Crippen LogP contribution is -2.35. The molecule has 1 aromatic heterocycles. The highest BCUT2D eigenvalue weighted by Gasteiger charge is 2.26. The predicted molar refractivity (Wildman–Crippen MR) is 126 cm³/mol. The van der Waals surface area contributed by atoms with Gasteiger partial charge in [-0.25, -0.2) is 13.6 Å². The average molecular weight is 464 g/mol. The number of H-pyrrole nitrogens is 1. The van der Waals surface area contributed by atoms with Crippen molar-refractivity contribution in [2.24, 2.45) is 0 Å². The molecule has 0 radical (unpaired) electrons. The topological polar surface area (TPSA) is 77.2 Å². The number of halogens is 2. The minimum atomic E-state index is -0.701. The zero-order chi connectivity index (χ0) is 22.9. The summed E-state index contributed by atoms with van der Waals surface area (Å²) in [6, 6.07) is 15.6. The molecule has 6 nitrogen and oxygen atoms in total. The maximum Gasteiger partial charge on any atom is 0.323 e. The summed E-state index contributed by atoms with van der Waals surface area (Å²) < 4.78 is 27.3. The number of hydrogen-bond acceptors (Lipinski definition) is 3. The Hall–Kier alpha value is -3.85. The number of fused-ring (bicyclic) bond motifs is 2. The number of aromatic amines is 1. The molecule has 3 amide bonds. The fourth-order valence-corrected chi connectivity index (χ4v) is 4.71. The second kappa shape index (κ2) is 8.59. The third kappa shape index (κ3) is 4.40. The molecule has 1 aliphatic heterocycles. The van der Waals surface area contributed by atoms with Crippen molar-refractivity contribution in [1.82, 2.24) is 4.98 Å². The number of amides is 3.